The molecule has 6 nitrogen and oxygen atoms in total. The second kappa shape index (κ2) is 9.56. The Labute approximate surface area is 191 Å². The van der Waals surface area contributed by atoms with Gasteiger partial charge in [0.1, 0.15) is 23.0 Å². The van der Waals surface area contributed by atoms with Gasteiger partial charge in [0.15, 0.2) is 0 Å². The van der Waals surface area contributed by atoms with Gasteiger partial charge < -0.3 is 14.8 Å². The quantitative estimate of drug-likeness (QED) is 0.492. The third-order valence-electron chi connectivity index (χ3n) is 5.10. The van der Waals surface area contributed by atoms with Crippen molar-refractivity contribution in [1.29, 1.82) is 0 Å². The minimum absolute atomic E-state index is 0.0970. The van der Waals surface area contributed by atoms with Gasteiger partial charge in [-0.2, -0.15) is 0 Å². The van der Waals surface area contributed by atoms with Crippen LogP contribution in [0.3, 0.4) is 0 Å². The van der Waals surface area contributed by atoms with Gasteiger partial charge >= 0.3 is 0 Å². The number of halogens is 1. The number of hydrogen-bond acceptors (Lipinski definition) is 5. The monoisotopic (exact) mass is 446 g/mol. The number of imide groups is 1. The molecule has 168 valence electrons. The summed E-state index contributed by atoms with van der Waals surface area (Å²) in [6.45, 7) is 2.51. The van der Waals surface area contributed by atoms with Crippen LogP contribution in [0.15, 0.2) is 78.5 Å². The molecule has 3 aromatic carbocycles. The Hall–Kier alpha value is -4.13. The molecule has 7 heteroatoms. The molecule has 0 saturated heterocycles. The number of anilines is 2. The van der Waals surface area contributed by atoms with Crippen molar-refractivity contribution in [2.45, 2.75) is 13.3 Å². The largest absolute Gasteiger partial charge is 0.497 e. The summed E-state index contributed by atoms with van der Waals surface area (Å²) in [6, 6.07) is 19.3. The lowest BCUT2D eigenvalue weighted by Gasteiger charge is -2.16. The van der Waals surface area contributed by atoms with Crippen LogP contribution in [-0.4, -0.2) is 25.5 Å². The van der Waals surface area contributed by atoms with Crippen LogP contribution >= 0.6 is 0 Å². The van der Waals surface area contributed by atoms with E-state index in [2.05, 4.69) is 5.32 Å². The molecule has 33 heavy (non-hydrogen) atoms. The number of benzene rings is 3. The maximum atomic E-state index is 13.5. The average Bonchev–Trinajstić information content (AvgIpc) is 3.07. The highest BCUT2D eigenvalue weighted by molar-refractivity contribution is 6.46. The van der Waals surface area contributed by atoms with E-state index in [1.54, 1.807) is 55.6 Å². The summed E-state index contributed by atoms with van der Waals surface area (Å²) in [5, 5.41) is 3.07. The first kappa shape index (κ1) is 22.1. The van der Waals surface area contributed by atoms with Crippen LogP contribution in [0.5, 0.6) is 11.5 Å². The molecule has 4 rings (SSSR count). The number of carbonyl (C=O) groups excluding carboxylic acids is 2. The summed E-state index contributed by atoms with van der Waals surface area (Å²) in [5.74, 6) is -0.304. The van der Waals surface area contributed by atoms with Crippen LogP contribution in [0.25, 0.3) is 5.57 Å². The van der Waals surface area contributed by atoms with Crippen molar-refractivity contribution < 1.29 is 23.5 Å². The van der Waals surface area contributed by atoms with Crippen LogP contribution in [0, 0.1) is 5.82 Å². The molecule has 0 unspecified atom stereocenters. The van der Waals surface area contributed by atoms with Crippen molar-refractivity contribution in [3.63, 3.8) is 0 Å². The molecule has 0 aliphatic carbocycles. The summed E-state index contributed by atoms with van der Waals surface area (Å²) in [6.07, 6.45) is 0.830. The molecule has 0 aromatic heterocycles. The molecular formula is C26H23FN2O4. The Kier molecular flexibility index (Phi) is 6.40. The van der Waals surface area contributed by atoms with E-state index in [0.29, 0.717) is 35.0 Å². The van der Waals surface area contributed by atoms with E-state index in [0.717, 1.165) is 11.3 Å². The van der Waals surface area contributed by atoms with Gasteiger partial charge in [0.2, 0.25) is 0 Å². The van der Waals surface area contributed by atoms with Gasteiger partial charge in [0.25, 0.3) is 11.8 Å². The van der Waals surface area contributed by atoms with Crippen LogP contribution in [-0.2, 0) is 9.59 Å². The first-order valence-electron chi connectivity index (χ1n) is 10.5. The van der Waals surface area contributed by atoms with E-state index >= 15 is 0 Å². The van der Waals surface area contributed by atoms with Crippen molar-refractivity contribution in [2.75, 3.05) is 23.9 Å². The molecule has 1 N–H and O–H groups in total. The number of amides is 2. The molecule has 3 aromatic rings. The minimum atomic E-state index is -0.519. The number of carbonyl (C=O) groups is 2. The predicted octanol–water partition coefficient (Wildman–Crippen LogP) is 5.02. The fourth-order valence-corrected chi connectivity index (χ4v) is 3.54. The highest BCUT2D eigenvalue weighted by Gasteiger charge is 2.40. The summed E-state index contributed by atoms with van der Waals surface area (Å²) < 4.78 is 24.5. The van der Waals surface area contributed by atoms with Gasteiger partial charge in [-0.1, -0.05) is 31.2 Å². The second-order valence-corrected chi connectivity index (χ2v) is 7.41. The third kappa shape index (κ3) is 4.57. The lowest BCUT2D eigenvalue weighted by atomic mass is 10.0. The van der Waals surface area contributed by atoms with Crippen LogP contribution in [0.4, 0.5) is 15.8 Å². The smallest absolute Gasteiger partial charge is 0.282 e. The topological polar surface area (TPSA) is 67.9 Å². The first-order chi connectivity index (χ1) is 16.0. The molecule has 0 saturated carbocycles. The molecule has 2 amide bonds. The van der Waals surface area contributed by atoms with Crippen molar-refractivity contribution in [1.82, 2.24) is 0 Å². The molecule has 1 aliphatic rings. The normalized spacial score (nSPS) is 13.5. The summed E-state index contributed by atoms with van der Waals surface area (Å²) in [7, 11) is 1.54. The number of methoxy groups -OCH3 is 1. The fraction of sp³-hybridized carbons (Fsp3) is 0.154. The maximum absolute atomic E-state index is 13.5. The maximum Gasteiger partial charge on any atom is 0.282 e. The Morgan fingerprint density at radius 3 is 2.36 bits per heavy atom. The lowest BCUT2D eigenvalue weighted by molar-refractivity contribution is -0.120. The zero-order valence-corrected chi connectivity index (χ0v) is 18.3. The lowest BCUT2D eigenvalue weighted by Crippen LogP contribution is -2.32. The van der Waals surface area contributed by atoms with Gasteiger partial charge in [-0.3, -0.25) is 9.59 Å². The van der Waals surface area contributed by atoms with Gasteiger partial charge in [0, 0.05) is 17.8 Å². The zero-order chi connectivity index (χ0) is 23.4. The minimum Gasteiger partial charge on any atom is -0.497 e. The summed E-state index contributed by atoms with van der Waals surface area (Å²) in [5.41, 5.74) is 1.65. The highest BCUT2D eigenvalue weighted by Crippen LogP contribution is 2.35. The number of nitrogens with zero attached hydrogens (tertiary/aromatic N) is 1. The molecule has 1 aliphatic heterocycles. The van der Waals surface area contributed by atoms with Gasteiger partial charge in [0.05, 0.1) is 25.0 Å². The van der Waals surface area contributed by atoms with E-state index in [1.807, 2.05) is 6.92 Å². The van der Waals surface area contributed by atoms with E-state index in [9.17, 15) is 14.0 Å². The first-order valence-corrected chi connectivity index (χ1v) is 10.5. The number of nitrogens with one attached hydrogen (secondary N) is 1. The van der Waals surface area contributed by atoms with E-state index in [-0.39, 0.29) is 11.3 Å². The fourth-order valence-electron chi connectivity index (χ4n) is 3.54. The van der Waals surface area contributed by atoms with Gasteiger partial charge in [-0.05, 0) is 48.4 Å². The summed E-state index contributed by atoms with van der Waals surface area (Å²) in [4.78, 5) is 28.1. The molecule has 0 fully saturated rings. The van der Waals surface area contributed by atoms with Crippen molar-refractivity contribution in [2.24, 2.45) is 0 Å². The zero-order valence-electron chi connectivity index (χ0n) is 18.3. The molecule has 0 spiro atoms. The van der Waals surface area contributed by atoms with Crippen molar-refractivity contribution in [3.8, 4) is 11.5 Å². The SMILES string of the molecule is CCCOc1cccc(N2C(=O)C(Nc3cccc(OC)c3)=C(c3ccc(F)cc3)C2=O)c1. The standard InChI is InChI=1S/C26H23FN2O4/c1-3-14-33-22-9-5-7-20(16-22)29-25(30)23(17-10-12-18(27)13-11-17)24(26(29)31)28-19-6-4-8-21(15-19)32-2/h4-13,15-16,28H,3,14H2,1-2H3. The van der Waals surface area contributed by atoms with Crippen molar-refractivity contribution in [3.05, 3.63) is 89.9 Å². The number of hydrogen-bond donors (Lipinski definition) is 1. The second-order valence-electron chi connectivity index (χ2n) is 7.41. The number of rotatable bonds is 8. The van der Waals surface area contributed by atoms with Crippen LogP contribution < -0.4 is 19.7 Å². The van der Waals surface area contributed by atoms with Gasteiger partial charge in [-0.15, -0.1) is 0 Å². The predicted molar refractivity (Wildman–Crippen MR) is 125 cm³/mol. The Balaban J connectivity index is 1.76. The Morgan fingerprint density at radius 2 is 1.64 bits per heavy atom. The van der Waals surface area contributed by atoms with Crippen LogP contribution in [0.2, 0.25) is 0 Å². The molecule has 0 atom stereocenters. The van der Waals surface area contributed by atoms with Gasteiger partial charge in [-0.25, -0.2) is 9.29 Å². The van der Waals surface area contributed by atoms with Crippen LogP contribution in [0.1, 0.15) is 18.9 Å². The third-order valence-corrected chi connectivity index (χ3v) is 5.10. The average molecular weight is 446 g/mol. The highest BCUT2D eigenvalue weighted by atomic mass is 19.1. The summed E-state index contributed by atoms with van der Waals surface area (Å²) >= 11 is 0. The molecule has 1 heterocycles. The van der Waals surface area contributed by atoms with E-state index in [4.69, 9.17) is 9.47 Å². The Morgan fingerprint density at radius 1 is 0.909 bits per heavy atom. The van der Waals surface area contributed by atoms with E-state index < -0.39 is 17.6 Å². The molecular weight excluding hydrogens is 423 g/mol. The molecule has 0 bridgehead atoms. The Bertz CT molecular complexity index is 1220. The number of ether oxygens (including phenoxy) is 2. The van der Waals surface area contributed by atoms with Crippen molar-refractivity contribution >= 4 is 28.8 Å². The molecule has 0 radical (unpaired) electrons. The van der Waals surface area contributed by atoms with E-state index in [1.165, 1.54) is 24.3 Å².